The van der Waals surface area contributed by atoms with E-state index in [0.717, 1.165) is 5.69 Å². The van der Waals surface area contributed by atoms with E-state index >= 15 is 0 Å². The van der Waals surface area contributed by atoms with Crippen molar-refractivity contribution in [2.24, 2.45) is 0 Å². The monoisotopic (exact) mass is 353 g/mol. The van der Waals surface area contributed by atoms with Crippen molar-refractivity contribution in [2.45, 2.75) is 70.2 Å². The molecule has 7 nitrogen and oxygen atoms in total. The number of aliphatic hydroxyl groups excluding tert-OH is 2. The third-order valence-corrected chi connectivity index (χ3v) is 5.34. The summed E-state index contributed by atoms with van der Waals surface area (Å²) in [6, 6.07) is -0.314. The van der Waals surface area contributed by atoms with Gasteiger partial charge in [0, 0.05) is 24.6 Å². The summed E-state index contributed by atoms with van der Waals surface area (Å²) in [7, 11) is 0. The molecule has 2 aliphatic rings. The summed E-state index contributed by atoms with van der Waals surface area (Å²) in [5.41, 5.74) is 0.959. The molecule has 0 bridgehead atoms. The highest BCUT2D eigenvalue weighted by Gasteiger charge is 2.55. The van der Waals surface area contributed by atoms with Crippen LogP contribution in [-0.4, -0.2) is 74.6 Å². The standard InChI is InChI=1S/C18H31N3O4/c1-10(2)13-11(17(24)21(19-13)18(3,4)5)12-15(22)14(16(12)23)20-6-8-25-9-7-20/h10,12,14-16,22-24H,6-9H2,1-5H3. The van der Waals surface area contributed by atoms with Crippen molar-refractivity contribution >= 4 is 0 Å². The van der Waals surface area contributed by atoms with E-state index in [0.29, 0.717) is 31.9 Å². The molecule has 2 fully saturated rings. The Hall–Kier alpha value is -1.15. The SMILES string of the molecule is CC(C)c1nn(C(C)(C)C)c(O)c1C1C(O)C(N2CCOCC2)C1O. The molecule has 25 heavy (non-hydrogen) atoms. The third-order valence-electron chi connectivity index (χ3n) is 5.34. The minimum Gasteiger partial charge on any atom is -0.493 e. The number of aromatic hydroxyl groups is 1. The van der Waals surface area contributed by atoms with E-state index < -0.39 is 18.1 Å². The fourth-order valence-corrected chi connectivity index (χ4v) is 3.98. The highest BCUT2D eigenvalue weighted by Crippen LogP contribution is 2.47. The van der Waals surface area contributed by atoms with E-state index in [9.17, 15) is 15.3 Å². The zero-order chi connectivity index (χ0) is 18.5. The second-order valence-corrected chi connectivity index (χ2v) is 8.51. The van der Waals surface area contributed by atoms with E-state index in [1.165, 1.54) is 0 Å². The van der Waals surface area contributed by atoms with Crippen molar-refractivity contribution in [3.63, 3.8) is 0 Å². The van der Waals surface area contributed by atoms with Crippen LogP contribution in [0, 0.1) is 0 Å². The molecule has 1 aromatic rings. The minimum absolute atomic E-state index is 0.0553. The van der Waals surface area contributed by atoms with Gasteiger partial charge in [0.05, 0.1) is 42.7 Å². The van der Waals surface area contributed by atoms with E-state index in [-0.39, 0.29) is 23.4 Å². The summed E-state index contributed by atoms with van der Waals surface area (Å²) in [4.78, 5) is 2.08. The van der Waals surface area contributed by atoms with Crippen LogP contribution in [0.1, 0.15) is 57.7 Å². The lowest BCUT2D eigenvalue weighted by Crippen LogP contribution is -2.67. The maximum Gasteiger partial charge on any atom is 0.213 e. The number of aromatic nitrogens is 2. The molecule has 0 aromatic carbocycles. The molecule has 1 aliphatic heterocycles. The number of nitrogens with zero attached hydrogens (tertiary/aromatic N) is 3. The molecule has 0 amide bonds. The molecular weight excluding hydrogens is 322 g/mol. The molecule has 142 valence electrons. The molecule has 1 saturated heterocycles. The van der Waals surface area contributed by atoms with E-state index in [1.807, 2.05) is 34.6 Å². The van der Waals surface area contributed by atoms with Gasteiger partial charge in [-0.3, -0.25) is 4.90 Å². The zero-order valence-electron chi connectivity index (χ0n) is 15.8. The van der Waals surface area contributed by atoms with E-state index in [2.05, 4.69) is 10.00 Å². The van der Waals surface area contributed by atoms with Crippen LogP contribution < -0.4 is 0 Å². The fourth-order valence-electron chi connectivity index (χ4n) is 3.98. The van der Waals surface area contributed by atoms with Crippen LogP contribution in [0.15, 0.2) is 0 Å². The first kappa shape index (κ1) is 18.6. The second kappa shape index (κ2) is 6.54. The van der Waals surface area contributed by atoms with Gasteiger partial charge >= 0.3 is 0 Å². The Morgan fingerprint density at radius 1 is 1.12 bits per heavy atom. The van der Waals surface area contributed by atoms with Gasteiger partial charge < -0.3 is 20.1 Å². The van der Waals surface area contributed by atoms with Crippen molar-refractivity contribution in [3.8, 4) is 5.88 Å². The predicted molar refractivity (Wildman–Crippen MR) is 93.9 cm³/mol. The van der Waals surface area contributed by atoms with Gasteiger partial charge in [0.15, 0.2) is 0 Å². The molecule has 0 radical (unpaired) electrons. The summed E-state index contributed by atoms with van der Waals surface area (Å²) >= 11 is 0. The Kier molecular flexibility index (Phi) is 4.87. The number of ether oxygens (including phenoxy) is 1. The lowest BCUT2D eigenvalue weighted by atomic mass is 9.68. The van der Waals surface area contributed by atoms with Gasteiger partial charge in [0.1, 0.15) is 0 Å². The topological polar surface area (TPSA) is 91.0 Å². The first-order valence-corrected chi connectivity index (χ1v) is 9.14. The molecule has 3 rings (SSSR count). The summed E-state index contributed by atoms with van der Waals surface area (Å²) in [6.45, 7) is 12.6. The quantitative estimate of drug-likeness (QED) is 0.751. The first-order chi connectivity index (χ1) is 11.6. The Balaban J connectivity index is 1.93. The Bertz CT molecular complexity index is 607. The second-order valence-electron chi connectivity index (χ2n) is 8.51. The highest BCUT2D eigenvalue weighted by atomic mass is 16.5. The van der Waals surface area contributed by atoms with Crippen molar-refractivity contribution in [1.82, 2.24) is 14.7 Å². The predicted octanol–water partition coefficient (Wildman–Crippen LogP) is 0.987. The van der Waals surface area contributed by atoms with Gasteiger partial charge in [0.2, 0.25) is 5.88 Å². The maximum atomic E-state index is 10.8. The van der Waals surface area contributed by atoms with Crippen LogP contribution in [0.3, 0.4) is 0 Å². The summed E-state index contributed by atoms with van der Waals surface area (Å²) < 4.78 is 6.95. The van der Waals surface area contributed by atoms with Crippen LogP contribution in [0.2, 0.25) is 0 Å². The summed E-state index contributed by atoms with van der Waals surface area (Å²) in [6.07, 6.45) is -1.46. The molecule has 3 N–H and O–H groups in total. The average Bonchev–Trinajstić information content (AvgIpc) is 2.86. The molecule has 1 saturated carbocycles. The molecule has 0 spiro atoms. The molecule has 7 heteroatoms. The van der Waals surface area contributed by atoms with Crippen molar-refractivity contribution < 1.29 is 20.1 Å². The zero-order valence-corrected chi connectivity index (χ0v) is 15.8. The molecular formula is C18H31N3O4. The Labute approximate surface area is 149 Å². The van der Waals surface area contributed by atoms with Crippen LogP contribution >= 0.6 is 0 Å². The number of hydrogen-bond acceptors (Lipinski definition) is 6. The van der Waals surface area contributed by atoms with Crippen LogP contribution in [0.5, 0.6) is 5.88 Å². The van der Waals surface area contributed by atoms with E-state index in [1.54, 1.807) is 4.68 Å². The van der Waals surface area contributed by atoms with E-state index in [4.69, 9.17) is 4.74 Å². The van der Waals surface area contributed by atoms with Crippen molar-refractivity contribution in [1.29, 1.82) is 0 Å². The van der Waals surface area contributed by atoms with Crippen LogP contribution in [0.4, 0.5) is 0 Å². The Morgan fingerprint density at radius 3 is 2.16 bits per heavy atom. The minimum atomic E-state index is -0.728. The smallest absolute Gasteiger partial charge is 0.213 e. The maximum absolute atomic E-state index is 10.8. The molecule has 2 unspecified atom stereocenters. The van der Waals surface area contributed by atoms with Crippen molar-refractivity contribution in [3.05, 3.63) is 11.3 Å². The van der Waals surface area contributed by atoms with Crippen LogP contribution in [0.25, 0.3) is 0 Å². The fraction of sp³-hybridized carbons (Fsp3) is 0.833. The van der Waals surface area contributed by atoms with Gasteiger partial charge in [0.25, 0.3) is 0 Å². The van der Waals surface area contributed by atoms with Gasteiger partial charge in [-0.2, -0.15) is 5.10 Å². The largest absolute Gasteiger partial charge is 0.493 e. The molecule has 2 heterocycles. The number of hydrogen-bond donors (Lipinski definition) is 3. The number of aliphatic hydroxyl groups is 2. The van der Waals surface area contributed by atoms with Crippen molar-refractivity contribution in [2.75, 3.05) is 26.3 Å². The molecule has 2 atom stereocenters. The van der Waals surface area contributed by atoms with Gasteiger partial charge in [-0.05, 0) is 26.7 Å². The van der Waals surface area contributed by atoms with Crippen LogP contribution in [-0.2, 0) is 10.3 Å². The number of morpholine rings is 1. The van der Waals surface area contributed by atoms with Gasteiger partial charge in [-0.15, -0.1) is 0 Å². The Morgan fingerprint density at radius 2 is 1.68 bits per heavy atom. The number of rotatable bonds is 3. The lowest BCUT2D eigenvalue weighted by Gasteiger charge is -2.52. The summed E-state index contributed by atoms with van der Waals surface area (Å²) in [5, 5.41) is 37.0. The highest BCUT2D eigenvalue weighted by molar-refractivity contribution is 5.42. The van der Waals surface area contributed by atoms with Gasteiger partial charge in [-0.1, -0.05) is 13.8 Å². The molecule has 1 aromatic heterocycles. The van der Waals surface area contributed by atoms with Gasteiger partial charge in [-0.25, -0.2) is 4.68 Å². The lowest BCUT2D eigenvalue weighted by molar-refractivity contribution is -0.151. The summed E-state index contributed by atoms with van der Waals surface area (Å²) in [5.74, 6) is -0.368. The normalized spacial score (nSPS) is 31.4. The molecule has 1 aliphatic carbocycles. The third kappa shape index (κ3) is 3.07. The first-order valence-electron chi connectivity index (χ1n) is 9.14. The average molecular weight is 353 g/mol.